The van der Waals surface area contributed by atoms with Crippen molar-refractivity contribution in [2.24, 2.45) is 10.9 Å². The van der Waals surface area contributed by atoms with Gasteiger partial charge in [-0.1, -0.05) is 42.5 Å². The predicted molar refractivity (Wildman–Crippen MR) is 132 cm³/mol. The topological polar surface area (TPSA) is 35.9 Å². The first-order valence-electron chi connectivity index (χ1n) is 11.3. The number of amidine groups is 1. The molecule has 2 aliphatic heterocycles. The monoisotopic (exact) mass is 433 g/mol. The maximum Gasteiger partial charge on any atom is 0.286 e. The van der Waals surface area contributed by atoms with Crippen LogP contribution in [-0.4, -0.2) is 42.2 Å². The molecule has 0 radical (unpaired) electrons. The number of hydrogen-bond acceptors (Lipinski definition) is 4. The summed E-state index contributed by atoms with van der Waals surface area (Å²) in [6, 6.07) is 19.2. The summed E-state index contributed by atoms with van der Waals surface area (Å²) in [6.45, 7) is 8.26. The molecule has 162 valence electrons. The van der Waals surface area contributed by atoms with E-state index in [-0.39, 0.29) is 5.91 Å². The number of carbonyl (C=O) groups is 1. The summed E-state index contributed by atoms with van der Waals surface area (Å²) in [6.07, 6.45) is 5.41. The van der Waals surface area contributed by atoms with Gasteiger partial charge in [-0.2, -0.15) is 4.99 Å². The Morgan fingerprint density at radius 1 is 1.03 bits per heavy atom. The molecule has 0 N–H and O–H groups in total. The highest BCUT2D eigenvalue weighted by atomic mass is 32.2. The highest BCUT2D eigenvalue weighted by molar-refractivity contribution is 8.18. The highest BCUT2D eigenvalue weighted by Crippen LogP contribution is 2.33. The molecule has 5 heteroatoms. The standard InChI is InChI=1S/C26H31N3OS/c1-3-28(4-2)23-12-10-21(11-13-23)19-24-25(30)27-26(31-24)29-16-14-22(15-17-29)18-20-8-6-5-7-9-20/h5-13,19,22H,3-4,14-18H2,1-2H3. The number of rotatable bonds is 6. The Kier molecular flexibility index (Phi) is 7.13. The van der Waals surface area contributed by atoms with Crippen molar-refractivity contribution in [2.45, 2.75) is 33.1 Å². The third-order valence-corrected chi connectivity index (χ3v) is 7.23. The van der Waals surface area contributed by atoms with Crippen LogP contribution in [0, 0.1) is 5.92 Å². The van der Waals surface area contributed by atoms with E-state index >= 15 is 0 Å². The van der Waals surface area contributed by atoms with Crippen molar-refractivity contribution in [1.29, 1.82) is 0 Å². The lowest BCUT2D eigenvalue weighted by atomic mass is 9.90. The maximum absolute atomic E-state index is 12.5. The lowest BCUT2D eigenvalue weighted by molar-refractivity contribution is -0.113. The minimum atomic E-state index is -0.112. The van der Waals surface area contributed by atoms with E-state index in [0.717, 1.165) is 61.1 Å². The molecule has 2 aliphatic rings. The Balaban J connectivity index is 1.33. The maximum atomic E-state index is 12.5. The van der Waals surface area contributed by atoms with Gasteiger partial charge in [0.2, 0.25) is 0 Å². The van der Waals surface area contributed by atoms with Gasteiger partial charge in [0.05, 0.1) is 4.91 Å². The molecule has 0 aliphatic carbocycles. The number of nitrogens with zero attached hydrogens (tertiary/aromatic N) is 3. The summed E-state index contributed by atoms with van der Waals surface area (Å²) in [5.41, 5.74) is 3.68. The summed E-state index contributed by atoms with van der Waals surface area (Å²) in [5, 5.41) is 0.870. The Bertz CT molecular complexity index is 940. The van der Waals surface area contributed by atoms with Gasteiger partial charge in [-0.05, 0) is 80.1 Å². The number of carbonyl (C=O) groups excluding carboxylic acids is 1. The second-order valence-corrected chi connectivity index (χ2v) is 9.20. The van der Waals surface area contributed by atoms with E-state index in [1.54, 1.807) is 0 Å². The van der Waals surface area contributed by atoms with E-state index in [1.807, 2.05) is 6.08 Å². The molecule has 4 nitrogen and oxygen atoms in total. The zero-order valence-corrected chi connectivity index (χ0v) is 19.3. The van der Waals surface area contributed by atoms with Gasteiger partial charge < -0.3 is 9.80 Å². The van der Waals surface area contributed by atoms with E-state index in [2.05, 4.69) is 83.2 Å². The molecule has 0 spiro atoms. The minimum absolute atomic E-state index is 0.112. The molecule has 31 heavy (non-hydrogen) atoms. The number of amides is 1. The summed E-state index contributed by atoms with van der Waals surface area (Å²) in [7, 11) is 0. The number of likely N-dealkylation sites (tertiary alicyclic amines) is 1. The Morgan fingerprint density at radius 3 is 2.35 bits per heavy atom. The molecule has 0 atom stereocenters. The number of benzene rings is 2. The minimum Gasteiger partial charge on any atom is -0.372 e. The summed E-state index contributed by atoms with van der Waals surface area (Å²) < 4.78 is 0. The summed E-state index contributed by atoms with van der Waals surface area (Å²) in [5.74, 6) is 0.597. The van der Waals surface area contributed by atoms with Crippen molar-refractivity contribution in [3.63, 3.8) is 0 Å². The van der Waals surface area contributed by atoms with Gasteiger partial charge in [0.1, 0.15) is 0 Å². The average Bonchev–Trinajstić information content (AvgIpc) is 3.17. The molecule has 2 aromatic carbocycles. The third kappa shape index (κ3) is 5.40. The van der Waals surface area contributed by atoms with Crippen molar-refractivity contribution >= 4 is 34.6 Å². The largest absolute Gasteiger partial charge is 0.372 e. The van der Waals surface area contributed by atoms with Gasteiger partial charge in [-0.3, -0.25) is 4.79 Å². The lowest BCUT2D eigenvalue weighted by Gasteiger charge is -2.32. The van der Waals surface area contributed by atoms with Crippen LogP contribution in [0.1, 0.15) is 37.8 Å². The van der Waals surface area contributed by atoms with Crippen LogP contribution < -0.4 is 4.90 Å². The zero-order chi connectivity index (χ0) is 21.6. The molecule has 2 heterocycles. The van der Waals surface area contributed by atoms with Crippen molar-refractivity contribution in [2.75, 3.05) is 31.1 Å². The van der Waals surface area contributed by atoms with Gasteiger partial charge in [-0.25, -0.2) is 0 Å². The highest BCUT2D eigenvalue weighted by Gasteiger charge is 2.29. The molecule has 1 fully saturated rings. The number of piperidine rings is 1. The summed E-state index contributed by atoms with van der Waals surface area (Å²) in [4.78, 5) is 22.2. The number of thioether (sulfide) groups is 1. The number of hydrogen-bond donors (Lipinski definition) is 0. The van der Waals surface area contributed by atoms with Crippen LogP contribution in [0.25, 0.3) is 6.08 Å². The fourth-order valence-corrected chi connectivity index (χ4v) is 5.30. The molecular weight excluding hydrogens is 402 g/mol. The Morgan fingerprint density at radius 2 is 1.71 bits per heavy atom. The van der Waals surface area contributed by atoms with Gasteiger partial charge >= 0.3 is 0 Å². The average molecular weight is 434 g/mol. The molecule has 2 aromatic rings. The lowest BCUT2D eigenvalue weighted by Crippen LogP contribution is -2.37. The van der Waals surface area contributed by atoms with Crippen molar-refractivity contribution < 1.29 is 4.79 Å². The molecule has 0 aromatic heterocycles. The van der Waals surface area contributed by atoms with Gasteiger partial charge in [0, 0.05) is 31.9 Å². The quantitative estimate of drug-likeness (QED) is 0.567. The van der Waals surface area contributed by atoms with Crippen LogP contribution in [0.4, 0.5) is 5.69 Å². The Hall–Kier alpha value is -2.53. The molecule has 4 rings (SSSR count). The first-order valence-corrected chi connectivity index (χ1v) is 12.1. The van der Waals surface area contributed by atoms with E-state index in [0.29, 0.717) is 5.92 Å². The number of aliphatic imine (C=N–C) groups is 1. The SMILES string of the molecule is CCN(CC)c1ccc(C=C2SC(N3CCC(Cc4ccccc4)CC3)=NC2=O)cc1. The normalized spacial score (nSPS) is 18.5. The fourth-order valence-electron chi connectivity index (χ4n) is 4.33. The van der Waals surface area contributed by atoms with Crippen LogP contribution in [0.15, 0.2) is 64.5 Å². The Labute approximate surface area is 190 Å². The van der Waals surface area contributed by atoms with Crippen LogP contribution >= 0.6 is 11.8 Å². The first-order chi connectivity index (χ1) is 15.2. The van der Waals surface area contributed by atoms with Gasteiger partial charge in [0.15, 0.2) is 5.17 Å². The fraction of sp³-hybridized carbons (Fsp3) is 0.385. The van der Waals surface area contributed by atoms with E-state index in [9.17, 15) is 4.79 Å². The second kappa shape index (κ2) is 10.2. The van der Waals surface area contributed by atoms with Crippen LogP contribution in [0.3, 0.4) is 0 Å². The molecule has 1 saturated heterocycles. The van der Waals surface area contributed by atoms with Gasteiger partial charge in [-0.15, -0.1) is 0 Å². The molecule has 0 bridgehead atoms. The van der Waals surface area contributed by atoms with Crippen LogP contribution in [0.2, 0.25) is 0 Å². The molecule has 0 unspecified atom stereocenters. The van der Waals surface area contributed by atoms with Crippen molar-refractivity contribution in [1.82, 2.24) is 4.90 Å². The summed E-state index contributed by atoms with van der Waals surface area (Å²) >= 11 is 1.52. The van der Waals surface area contributed by atoms with Crippen molar-refractivity contribution in [3.8, 4) is 0 Å². The first kappa shape index (κ1) is 21.7. The van der Waals surface area contributed by atoms with Gasteiger partial charge in [0.25, 0.3) is 5.91 Å². The number of anilines is 1. The predicted octanol–water partition coefficient (Wildman–Crippen LogP) is 5.46. The molecule has 0 saturated carbocycles. The smallest absolute Gasteiger partial charge is 0.286 e. The van der Waals surface area contributed by atoms with E-state index in [4.69, 9.17) is 0 Å². The van der Waals surface area contributed by atoms with Crippen LogP contribution in [-0.2, 0) is 11.2 Å². The molecular formula is C26H31N3OS. The third-order valence-electron chi connectivity index (χ3n) is 6.18. The second-order valence-electron chi connectivity index (χ2n) is 8.19. The molecule has 1 amide bonds. The van der Waals surface area contributed by atoms with E-state index < -0.39 is 0 Å². The van der Waals surface area contributed by atoms with Crippen LogP contribution in [0.5, 0.6) is 0 Å². The van der Waals surface area contributed by atoms with Crippen molar-refractivity contribution in [3.05, 3.63) is 70.6 Å². The van der Waals surface area contributed by atoms with E-state index in [1.165, 1.54) is 23.0 Å². The zero-order valence-electron chi connectivity index (χ0n) is 18.5.